The number of aliphatic hydroxyl groups is 8. The molecule has 0 radical (unpaired) electrons. The Labute approximate surface area is 374 Å². The van der Waals surface area contributed by atoms with E-state index >= 15 is 0 Å². The fourth-order valence-electron chi connectivity index (χ4n) is 8.69. The number of hydrogen-bond acceptors (Lipinski definition) is 13. The van der Waals surface area contributed by atoms with Crippen molar-refractivity contribution in [3.8, 4) is 0 Å². The lowest BCUT2D eigenvalue weighted by Gasteiger charge is -2.46. The SMILES string of the molecule is CCCCCCCCCCCCCCCCCCCCCCCCCCCCCC(O)C(COC1OC(CO)C(OC2OC(CO)C(O)C(O)C2O)C(O)C1O)NC(=O)CCC. The summed E-state index contributed by atoms with van der Waals surface area (Å²) in [5.41, 5.74) is 0. The first-order valence-corrected chi connectivity index (χ1v) is 25.3. The quantitative estimate of drug-likeness (QED) is 0.0313. The maximum Gasteiger partial charge on any atom is 0.220 e. The number of amides is 1. The van der Waals surface area contributed by atoms with Crippen molar-refractivity contribution in [2.45, 2.75) is 280 Å². The molecule has 0 aromatic rings. The monoisotopic (exact) mass is 892 g/mol. The zero-order valence-electron chi connectivity index (χ0n) is 38.9. The molecule has 2 heterocycles. The number of hydrogen-bond donors (Lipinski definition) is 9. The molecule has 2 fully saturated rings. The molecule has 2 aliphatic heterocycles. The van der Waals surface area contributed by atoms with Gasteiger partial charge in [0.15, 0.2) is 12.6 Å². The minimum Gasteiger partial charge on any atom is -0.394 e. The van der Waals surface area contributed by atoms with Gasteiger partial charge >= 0.3 is 0 Å². The van der Waals surface area contributed by atoms with E-state index in [1.807, 2.05) is 6.92 Å². The van der Waals surface area contributed by atoms with E-state index in [-0.39, 0.29) is 18.9 Å². The van der Waals surface area contributed by atoms with Crippen LogP contribution in [0.3, 0.4) is 0 Å². The zero-order chi connectivity index (χ0) is 45.4. The molecule has 2 aliphatic rings. The van der Waals surface area contributed by atoms with Crippen molar-refractivity contribution >= 4 is 5.91 Å². The highest BCUT2D eigenvalue weighted by atomic mass is 16.7. The van der Waals surface area contributed by atoms with E-state index in [9.17, 15) is 45.6 Å². The maximum atomic E-state index is 12.5. The minimum absolute atomic E-state index is 0.249. The molecule has 12 unspecified atom stereocenters. The minimum atomic E-state index is -1.78. The van der Waals surface area contributed by atoms with Gasteiger partial charge in [0.05, 0.1) is 32.0 Å². The van der Waals surface area contributed by atoms with E-state index in [1.165, 1.54) is 148 Å². The molecular weight excluding hydrogens is 799 g/mol. The molecule has 14 nitrogen and oxygen atoms in total. The second kappa shape index (κ2) is 36.2. The molecule has 0 spiro atoms. The summed E-state index contributed by atoms with van der Waals surface area (Å²) < 4.78 is 22.5. The number of ether oxygens (including phenoxy) is 4. The van der Waals surface area contributed by atoms with Crippen molar-refractivity contribution in [3.63, 3.8) is 0 Å². The van der Waals surface area contributed by atoms with Gasteiger partial charge in [0.25, 0.3) is 0 Å². The smallest absolute Gasteiger partial charge is 0.220 e. The summed E-state index contributed by atoms with van der Waals surface area (Å²) in [6.45, 7) is 2.50. The Bertz CT molecular complexity index is 1060. The maximum absolute atomic E-state index is 12.5. The van der Waals surface area contributed by atoms with Crippen molar-refractivity contribution in [1.82, 2.24) is 5.32 Å². The van der Waals surface area contributed by atoms with Crippen LogP contribution in [0.2, 0.25) is 0 Å². The largest absolute Gasteiger partial charge is 0.394 e. The molecule has 0 aromatic carbocycles. The third-order valence-electron chi connectivity index (χ3n) is 12.8. The van der Waals surface area contributed by atoms with Gasteiger partial charge in [-0.15, -0.1) is 0 Å². The second-order valence-electron chi connectivity index (χ2n) is 18.3. The van der Waals surface area contributed by atoms with Crippen LogP contribution in [-0.4, -0.2) is 140 Å². The van der Waals surface area contributed by atoms with Gasteiger partial charge in [-0.3, -0.25) is 4.79 Å². The first-order valence-electron chi connectivity index (χ1n) is 25.3. The molecule has 2 saturated heterocycles. The molecule has 12 atom stereocenters. The van der Waals surface area contributed by atoms with Gasteiger partial charge in [-0.1, -0.05) is 187 Å². The average Bonchev–Trinajstić information content (AvgIpc) is 3.26. The summed E-state index contributed by atoms with van der Waals surface area (Å²) in [4.78, 5) is 12.5. The Kier molecular flexibility index (Phi) is 33.3. The average molecular weight is 892 g/mol. The summed E-state index contributed by atoms with van der Waals surface area (Å²) in [7, 11) is 0. The zero-order valence-corrected chi connectivity index (χ0v) is 38.9. The van der Waals surface area contributed by atoms with E-state index in [1.54, 1.807) is 0 Å². The molecule has 368 valence electrons. The molecule has 0 aromatic heterocycles. The summed E-state index contributed by atoms with van der Waals surface area (Å²) in [6, 6.07) is -0.818. The topological polar surface area (TPSA) is 228 Å². The third-order valence-corrected chi connectivity index (χ3v) is 12.8. The lowest BCUT2D eigenvalue weighted by molar-refractivity contribution is -0.359. The Morgan fingerprint density at radius 1 is 0.516 bits per heavy atom. The van der Waals surface area contributed by atoms with Crippen LogP contribution in [0.15, 0.2) is 0 Å². The lowest BCUT2D eigenvalue weighted by atomic mass is 9.97. The number of nitrogens with one attached hydrogen (secondary N) is 1. The molecular formula is C48H93NO13. The summed E-state index contributed by atoms with van der Waals surface area (Å²) in [5, 5.41) is 85.8. The predicted molar refractivity (Wildman–Crippen MR) is 240 cm³/mol. The van der Waals surface area contributed by atoms with E-state index in [0.29, 0.717) is 12.8 Å². The van der Waals surface area contributed by atoms with Crippen LogP contribution in [0.4, 0.5) is 0 Å². The fourth-order valence-corrected chi connectivity index (χ4v) is 8.69. The summed E-state index contributed by atoms with van der Waals surface area (Å²) in [5.74, 6) is -0.258. The number of rotatable bonds is 39. The Morgan fingerprint density at radius 3 is 1.34 bits per heavy atom. The van der Waals surface area contributed by atoms with Gasteiger partial charge in [-0.2, -0.15) is 0 Å². The van der Waals surface area contributed by atoms with Gasteiger partial charge in [-0.05, 0) is 12.8 Å². The van der Waals surface area contributed by atoms with Crippen molar-refractivity contribution in [1.29, 1.82) is 0 Å². The van der Waals surface area contributed by atoms with Crippen LogP contribution >= 0.6 is 0 Å². The van der Waals surface area contributed by atoms with Crippen molar-refractivity contribution < 1.29 is 64.6 Å². The summed E-state index contributed by atoms with van der Waals surface area (Å²) in [6.07, 6.45) is 20.4. The van der Waals surface area contributed by atoms with Crippen LogP contribution in [-0.2, 0) is 23.7 Å². The third kappa shape index (κ3) is 23.4. The van der Waals surface area contributed by atoms with Crippen LogP contribution in [0, 0.1) is 0 Å². The predicted octanol–water partition coefficient (Wildman–Crippen LogP) is 6.22. The Hall–Kier alpha value is -1.01. The fraction of sp³-hybridized carbons (Fsp3) is 0.979. The Morgan fingerprint density at radius 2 is 0.919 bits per heavy atom. The number of aliphatic hydroxyl groups excluding tert-OH is 8. The van der Waals surface area contributed by atoms with E-state index in [0.717, 1.165) is 25.7 Å². The van der Waals surface area contributed by atoms with E-state index < -0.39 is 86.8 Å². The molecule has 9 N–H and O–H groups in total. The molecule has 1 amide bonds. The molecule has 14 heteroatoms. The standard InChI is InChI=1S/C48H93NO13/c1-3-5-6-7-8-9-10-11-12-13-14-15-16-17-18-19-20-21-22-23-24-25-26-27-28-29-30-32-37(52)36(49-40(53)31-4-2)35-59-47-45(58)43(56)46(39(34-51)61-47)62-48-44(57)42(55)41(54)38(33-50)60-48/h36-39,41-48,50-52,54-58H,3-35H2,1-2H3,(H,49,53). The second-order valence-corrected chi connectivity index (χ2v) is 18.3. The summed E-state index contributed by atoms with van der Waals surface area (Å²) >= 11 is 0. The van der Waals surface area contributed by atoms with Crippen molar-refractivity contribution in [2.24, 2.45) is 0 Å². The number of carbonyl (C=O) groups is 1. The lowest BCUT2D eigenvalue weighted by Crippen LogP contribution is -2.65. The molecule has 2 rings (SSSR count). The number of carbonyl (C=O) groups excluding carboxylic acids is 1. The normalized spacial score (nSPS) is 27.6. The highest BCUT2D eigenvalue weighted by Gasteiger charge is 2.51. The molecule has 0 saturated carbocycles. The van der Waals surface area contributed by atoms with E-state index in [2.05, 4.69) is 12.2 Å². The van der Waals surface area contributed by atoms with Crippen LogP contribution < -0.4 is 5.32 Å². The van der Waals surface area contributed by atoms with E-state index in [4.69, 9.17) is 18.9 Å². The highest BCUT2D eigenvalue weighted by molar-refractivity contribution is 5.76. The van der Waals surface area contributed by atoms with Crippen molar-refractivity contribution in [3.05, 3.63) is 0 Å². The van der Waals surface area contributed by atoms with Gasteiger partial charge in [0.1, 0.15) is 48.8 Å². The first-order chi connectivity index (χ1) is 30.1. The van der Waals surface area contributed by atoms with Crippen LogP contribution in [0.5, 0.6) is 0 Å². The van der Waals surface area contributed by atoms with Gasteiger partial charge in [-0.25, -0.2) is 0 Å². The molecule has 0 bridgehead atoms. The van der Waals surface area contributed by atoms with Gasteiger partial charge < -0.3 is 65.1 Å². The Balaban J connectivity index is 1.55. The molecule has 62 heavy (non-hydrogen) atoms. The number of unbranched alkanes of at least 4 members (excludes halogenated alkanes) is 26. The van der Waals surface area contributed by atoms with Gasteiger partial charge in [0.2, 0.25) is 5.91 Å². The molecule has 0 aliphatic carbocycles. The first kappa shape index (κ1) is 57.1. The van der Waals surface area contributed by atoms with Gasteiger partial charge in [0, 0.05) is 6.42 Å². The van der Waals surface area contributed by atoms with Crippen molar-refractivity contribution in [2.75, 3.05) is 19.8 Å². The highest BCUT2D eigenvalue weighted by Crippen LogP contribution is 2.30. The van der Waals surface area contributed by atoms with Crippen LogP contribution in [0.25, 0.3) is 0 Å². The van der Waals surface area contributed by atoms with Crippen LogP contribution in [0.1, 0.15) is 206 Å².